The van der Waals surface area contributed by atoms with Gasteiger partial charge in [0, 0.05) is 0 Å². The van der Waals surface area contributed by atoms with Crippen molar-refractivity contribution < 1.29 is 14.1 Å². The van der Waals surface area contributed by atoms with Gasteiger partial charge >= 0.3 is 0 Å². The summed E-state index contributed by atoms with van der Waals surface area (Å²) in [6.07, 6.45) is -0.722. The predicted molar refractivity (Wildman–Crippen MR) is 97.0 cm³/mol. The highest BCUT2D eigenvalue weighted by Gasteiger charge is 2.36. The van der Waals surface area contributed by atoms with Crippen molar-refractivity contribution >= 4 is 16.9 Å². The fourth-order valence-corrected chi connectivity index (χ4v) is 2.69. The lowest BCUT2D eigenvalue weighted by Gasteiger charge is -2.33. The molecule has 0 aliphatic rings. The number of hydrogen-bond donors (Lipinski definition) is 1. The summed E-state index contributed by atoms with van der Waals surface area (Å²) >= 11 is 0. The van der Waals surface area contributed by atoms with Gasteiger partial charge in [0.15, 0.2) is 0 Å². The van der Waals surface area contributed by atoms with Crippen LogP contribution in [0.15, 0.2) is 34.7 Å². The number of nitrogens with zero attached hydrogens (tertiary/aromatic N) is 1. The molecule has 0 bridgehead atoms. The van der Waals surface area contributed by atoms with E-state index in [9.17, 15) is 9.32 Å². The molecule has 5 heteroatoms. The summed E-state index contributed by atoms with van der Waals surface area (Å²) in [7, 11) is 0.0509. The quantitative estimate of drug-likeness (QED) is 0.672. The topological polar surface area (TPSA) is 58.9 Å². The Labute approximate surface area is 142 Å². The van der Waals surface area contributed by atoms with E-state index in [1.54, 1.807) is 0 Å². The third kappa shape index (κ3) is 5.43. The second-order valence-electron chi connectivity index (χ2n) is 7.69. The number of benzene rings is 1. The van der Waals surface area contributed by atoms with Crippen LogP contribution in [0.3, 0.4) is 0 Å². The maximum absolute atomic E-state index is 12.4. The minimum absolute atomic E-state index is 0.298. The van der Waals surface area contributed by atoms with Gasteiger partial charge in [0.25, 0.3) is 0 Å². The van der Waals surface area contributed by atoms with Gasteiger partial charge in [0.05, 0.1) is 23.9 Å². The van der Waals surface area contributed by atoms with Crippen molar-refractivity contribution in [1.82, 2.24) is 0 Å². The molecule has 0 aromatic heterocycles. The Morgan fingerprint density at radius 2 is 1.65 bits per heavy atom. The number of hydrogen-bond acceptors (Lipinski definition) is 3. The van der Waals surface area contributed by atoms with Gasteiger partial charge in [0.2, 0.25) is 5.90 Å². The molecular formula is C18H29NO3S. The number of methoxy groups -OCH3 is 1. The number of ether oxygens (including phenoxy) is 1. The minimum Gasteiger partial charge on any atom is -0.483 e. The van der Waals surface area contributed by atoms with E-state index in [1.807, 2.05) is 71.9 Å². The van der Waals surface area contributed by atoms with Crippen LogP contribution in [0.25, 0.3) is 0 Å². The van der Waals surface area contributed by atoms with Crippen LogP contribution >= 0.6 is 0 Å². The molecule has 0 saturated carbocycles. The normalized spacial score (nSPS) is 17.5. The van der Waals surface area contributed by atoms with Gasteiger partial charge in [-0.3, -0.25) is 0 Å². The molecule has 0 amide bonds. The largest absolute Gasteiger partial charge is 0.483 e. The highest BCUT2D eigenvalue weighted by molar-refractivity contribution is 7.85. The van der Waals surface area contributed by atoms with E-state index in [4.69, 9.17) is 4.74 Å². The van der Waals surface area contributed by atoms with Gasteiger partial charge in [-0.25, -0.2) is 4.21 Å². The molecule has 1 unspecified atom stereocenters. The molecule has 0 aliphatic carbocycles. The molecule has 1 rings (SSSR count). The molecule has 0 saturated heterocycles. The average molecular weight is 340 g/mol. The average Bonchev–Trinajstić information content (AvgIpc) is 2.45. The summed E-state index contributed by atoms with van der Waals surface area (Å²) in [4.78, 5) is 0. The van der Waals surface area contributed by atoms with Crippen molar-refractivity contribution in [1.29, 1.82) is 0 Å². The molecule has 1 aromatic rings. The predicted octanol–water partition coefficient (Wildman–Crippen LogP) is 3.68. The molecule has 0 aliphatic heterocycles. The maximum atomic E-state index is 12.4. The lowest BCUT2D eigenvalue weighted by atomic mass is 9.78. The van der Waals surface area contributed by atoms with Crippen LogP contribution in [0.5, 0.6) is 0 Å². The molecule has 1 N–H and O–H groups in total. The first-order valence-electron chi connectivity index (χ1n) is 7.76. The highest BCUT2D eigenvalue weighted by Crippen LogP contribution is 2.33. The molecule has 0 heterocycles. The molecule has 0 radical (unpaired) electrons. The second-order valence-corrected chi connectivity index (χ2v) is 9.60. The first-order valence-corrected chi connectivity index (χ1v) is 8.86. The fraction of sp³-hybridized carbons (Fsp3) is 0.611. The zero-order chi connectivity index (χ0) is 17.8. The molecule has 130 valence electrons. The van der Waals surface area contributed by atoms with E-state index in [1.165, 1.54) is 7.11 Å². The van der Waals surface area contributed by atoms with Crippen LogP contribution in [-0.2, 0) is 15.7 Å². The number of aliphatic hydroxyl groups is 1. The van der Waals surface area contributed by atoms with Crippen molar-refractivity contribution in [2.45, 2.75) is 58.3 Å². The standard InChI is InChI=1S/C18H29NO3S/c1-17(2,3)15(20)14(13-11-9-8-10-12-13)16(22-7)19-23(21)18(4,5)6/h8-12,14-15,20H,1-7H3/b19-16-/t14-,15+,23?/m1/s1. The van der Waals surface area contributed by atoms with E-state index in [0.29, 0.717) is 5.90 Å². The summed E-state index contributed by atoms with van der Waals surface area (Å²) < 4.78 is 21.6. The molecule has 0 fully saturated rings. The minimum atomic E-state index is -1.45. The monoisotopic (exact) mass is 339 g/mol. The summed E-state index contributed by atoms with van der Waals surface area (Å²) in [6.45, 7) is 11.5. The Bertz CT molecular complexity index is 556. The molecule has 0 spiro atoms. The third-order valence-corrected chi connectivity index (χ3v) is 4.93. The van der Waals surface area contributed by atoms with Gasteiger partial charge in [-0.05, 0) is 31.7 Å². The van der Waals surface area contributed by atoms with E-state index >= 15 is 0 Å². The highest BCUT2D eigenvalue weighted by atomic mass is 32.2. The van der Waals surface area contributed by atoms with Gasteiger partial charge in [-0.2, -0.15) is 4.40 Å². The van der Waals surface area contributed by atoms with Crippen LogP contribution in [0.2, 0.25) is 0 Å². The van der Waals surface area contributed by atoms with Gasteiger partial charge in [-0.1, -0.05) is 51.1 Å². The van der Waals surface area contributed by atoms with Gasteiger partial charge in [-0.15, -0.1) is 0 Å². The van der Waals surface area contributed by atoms with E-state index in [0.717, 1.165) is 5.56 Å². The zero-order valence-electron chi connectivity index (χ0n) is 15.2. The number of rotatable bonds is 4. The molecule has 23 heavy (non-hydrogen) atoms. The van der Waals surface area contributed by atoms with Crippen LogP contribution in [-0.4, -0.2) is 33.2 Å². The van der Waals surface area contributed by atoms with E-state index in [2.05, 4.69) is 4.40 Å². The van der Waals surface area contributed by atoms with Crippen LogP contribution in [0, 0.1) is 5.41 Å². The zero-order valence-corrected chi connectivity index (χ0v) is 16.0. The Kier molecular flexibility index (Phi) is 6.54. The maximum Gasteiger partial charge on any atom is 0.207 e. The SMILES string of the molecule is CO/C(=N\S(=O)C(C)(C)C)[C@H](c1ccccc1)[C@H](O)C(C)(C)C. The van der Waals surface area contributed by atoms with Crippen molar-refractivity contribution in [2.75, 3.05) is 7.11 Å². The lowest BCUT2D eigenvalue weighted by Crippen LogP contribution is -2.38. The molecule has 1 aromatic carbocycles. The van der Waals surface area contributed by atoms with Crippen molar-refractivity contribution in [3.05, 3.63) is 35.9 Å². The fourth-order valence-electron chi connectivity index (χ4n) is 2.06. The van der Waals surface area contributed by atoms with Crippen molar-refractivity contribution in [3.63, 3.8) is 0 Å². The van der Waals surface area contributed by atoms with Crippen LogP contribution in [0.4, 0.5) is 0 Å². The summed E-state index contributed by atoms with van der Waals surface area (Å²) in [5.74, 6) is -0.167. The van der Waals surface area contributed by atoms with Crippen LogP contribution in [0.1, 0.15) is 53.0 Å². The molecule has 3 atom stereocenters. The Morgan fingerprint density at radius 3 is 2.04 bits per heavy atom. The molecule has 4 nitrogen and oxygen atoms in total. The van der Waals surface area contributed by atoms with E-state index < -0.39 is 27.8 Å². The Hall–Kier alpha value is -1.20. The summed E-state index contributed by atoms with van der Waals surface area (Å²) in [5, 5.41) is 10.9. The van der Waals surface area contributed by atoms with Crippen molar-refractivity contribution in [3.8, 4) is 0 Å². The summed E-state index contributed by atoms with van der Waals surface area (Å²) in [6, 6.07) is 9.58. The Morgan fingerprint density at radius 1 is 1.13 bits per heavy atom. The van der Waals surface area contributed by atoms with Gasteiger partial charge < -0.3 is 9.84 Å². The Balaban J connectivity index is 3.38. The number of aliphatic hydroxyl groups excluding tert-OH is 1. The first-order chi connectivity index (χ1) is 10.5. The van der Waals surface area contributed by atoms with E-state index in [-0.39, 0.29) is 5.41 Å². The van der Waals surface area contributed by atoms with Crippen LogP contribution < -0.4 is 0 Å². The summed E-state index contributed by atoms with van der Waals surface area (Å²) in [5.41, 5.74) is 0.518. The lowest BCUT2D eigenvalue weighted by molar-refractivity contribution is 0.0504. The van der Waals surface area contributed by atoms with Crippen molar-refractivity contribution in [2.24, 2.45) is 9.81 Å². The third-order valence-electron chi connectivity index (χ3n) is 3.53. The smallest absolute Gasteiger partial charge is 0.207 e. The van der Waals surface area contributed by atoms with Gasteiger partial charge in [0.1, 0.15) is 11.0 Å². The molecular weight excluding hydrogens is 310 g/mol. The first kappa shape index (κ1) is 19.8. The second kappa shape index (κ2) is 7.58.